The van der Waals surface area contributed by atoms with Crippen molar-refractivity contribution in [1.82, 2.24) is 10.9 Å². The molecule has 0 aliphatic heterocycles. The van der Waals surface area contributed by atoms with E-state index in [0.717, 1.165) is 5.56 Å². The summed E-state index contributed by atoms with van der Waals surface area (Å²) in [7, 11) is 0. The Morgan fingerprint density at radius 3 is 2.41 bits per heavy atom. The molecule has 0 saturated heterocycles. The Morgan fingerprint density at radius 1 is 1.18 bits per heavy atom. The lowest BCUT2D eigenvalue weighted by Crippen LogP contribution is -2.51. The number of nitrogens with two attached hydrogens (primary N) is 1. The van der Waals surface area contributed by atoms with Crippen molar-refractivity contribution in [3.05, 3.63) is 35.9 Å². The molecule has 22 heavy (non-hydrogen) atoms. The second-order valence-electron chi connectivity index (χ2n) is 5.71. The SMILES string of the molecule is CC(C)(C)OC[C@H](N)C(=O)NNC(=O)OCc1ccccc1. The molecule has 7 nitrogen and oxygen atoms in total. The van der Waals surface area contributed by atoms with Crippen LogP contribution >= 0.6 is 0 Å². The first kappa shape index (κ1) is 17.9. The summed E-state index contributed by atoms with van der Waals surface area (Å²) in [5, 5.41) is 0. The molecule has 0 radical (unpaired) electrons. The molecule has 2 amide bonds. The van der Waals surface area contributed by atoms with Crippen LogP contribution in [0.5, 0.6) is 0 Å². The van der Waals surface area contributed by atoms with Gasteiger partial charge in [-0.25, -0.2) is 10.2 Å². The molecule has 1 rings (SSSR count). The van der Waals surface area contributed by atoms with E-state index in [1.54, 1.807) is 0 Å². The number of hydrogen-bond donors (Lipinski definition) is 3. The van der Waals surface area contributed by atoms with Crippen molar-refractivity contribution in [1.29, 1.82) is 0 Å². The average Bonchev–Trinajstić information content (AvgIpc) is 2.48. The molecule has 0 fully saturated rings. The van der Waals surface area contributed by atoms with E-state index in [1.807, 2.05) is 51.1 Å². The highest BCUT2D eigenvalue weighted by atomic mass is 16.6. The van der Waals surface area contributed by atoms with Crippen LogP contribution in [0.15, 0.2) is 30.3 Å². The van der Waals surface area contributed by atoms with Gasteiger partial charge in [-0.15, -0.1) is 0 Å². The van der Waals surface area contributed by atoms with Crippen molar-refractivity contribution in [3.8, 4) is 0 Å². The van der Waals surface area contributed by atoms with Gasteiger partial charge in [-0.2, -0.15) is 0 Å². The number of rotatable bonds is 5. The van der Waals surface area contributed by atoms with E-state index in [9.17, 15) is 9.59 Å². The highest BCUT2D eigenvalue weighted by molar-refractivity contribution is 5.83. The molecular weight excluding hydrogens is 286 g/mol. The number of ether oxygens (including phenoxy) is 2. The lowest BCUT2D eigenvalue weighted by molar-refractivity contribution is -0.126. The first-order valence-corrected chi connectivity index (χ1v) is 6.94. The number of hydrazine groups is 1. The summed E-state index contributed by atoms with van der Waals surface area (Å²) in [6, 6.07) is 8.31. The maximum Gasteiger partial charge on any atom is 0.426 e. The third kappa shape index (κ3) is 7.61. The Labute approximate surface area is 130 Å². The van der Waals surface area contributed by atoms with E-state index in [4.69, 9.17) is 15.2 Å². The van der Waals surface area contributed by atoms with Gasteiger partial charge in [-0.3, -0.25) is 10.2 Å². The van der Waals surface area contributed by atoms with Crippen LogP contribution < -0.4 is 16.6 Å². The Hall–Kier alpha value is -2.12. The maximum atomic E-state index is 11.7. The second-order valence-corrected chi connectivity index (χ2v) is 5.71. The molecule has 0 aromatic heterocycles. The molecule has 0 bridgehead atoms. The number of hydrogen-bond acceptors (Lipinski definition) is 5. The van der Waals surface area contributed by atoms with Crippen molar-refractivity contribution < 1.29 is 19.1 Å². The lowest BCUT2D eigenvalue weighted by Gasteiger charge is -2.22. The number of carbonyl (C=O) groups excluding carboxylic acids is 2. The summed E-state index contributed by atoms with van der Waals surface area (Å²) in [6.07, 6.45) is -0.763. The minimum absolute atomic E-state index is 0.0517. The molecule has 0 unspecified atom stereocenters. The van der Waals surface area contributed by atoms with Gasteiger partial charge in [0.15, 0.2) is 0 Å². The van der Waals surface area contributed by atoms with Crippen LogP contribution in [0.25, 0.3) is 0 Å². The zero-order valence-corrected chi connectivity index (χ0v) is 13.1. The van der Waals surface area contributed by atoms with Gasteiger partial charge in [0.25, 0.3) is 5.91 Å². The molecule has 0 aliphatic rings. The molecule has 7 heteroatoms. The minimum atomic E-state index is -0.881. The van der Waals surface area contributed by atoms with E-state index in [0.29, 0.717) is 0 Å². The fourth-order valence-corrected chi connectivity index (χ4v) is 1.38. The van der Waals surface area contributed by atoms with Crippen LogP contribution in [0.3, 0.4) is 0 Å². The molecule has 1 atom stereocenters. The highest BCUT2D eigenvalue weighted by Crippen LogP contribution is 2.06. The van der Waals surface area contributed by atoms with Gasteiger partial charge in [0.2, 0.25) is 0 Å². The van der Waals surface area contributed by atoms with Gasteiger partial charge in [0.05, 0.1) is 12.2 Å². The van der Waals surface area contributed by atoms with Crippen molar-refractivity contribution in [2.24, 2.45) is 5.73 Å². The van der Waals surface area contributed by atoms with Crippen molar-refractivity contribution in [3.63, 3.8) is 0 Å². The van der Waals surface area contributed by atoms with Crippen molar-refractivity contribution in [2.75, 3.05) is 6.61 Å². The third-order valence-corrected chi connectivity index (χ3v) is 2.53. The van der Waals surface area contributed by atoms with Crippen molar-refractivity contribution in [2.45, 2.75) is 39.0 Å². The summed E-state index contributed by atoms with van der Waals surface area (Å²) >= 11 is 0. The maximum absolute atomic E-state index is 11.7. The van der Waals surface area contributed by atoms with Gasteiger partial charge in [-0.1, -0.05) is 30.3 Å². The molecule has 0 spiro atoms. The summed E-state index contributed by atoms with van der Waals surface area (Å²) < 4.78 is 10.3. The first-order chi connectivity index (χ1) is 10.3. The van der Waals surface area contributed by atoms with Gasteiger partial charge in [-0.05, 0) is 26.3 Å². The topological polar surface area (TPSA) is 103 Å². The summed E-state index contributed by atoms with van der Waals surface area (Å²) in [4.78, 5) is 23.1. The van der Waals surface area contributed by atoms with Crippen LogP contribution in [-0.2, 0) is 20.9 Å². The molecule has 122 valence electrons. The first-order valence-electron chi connectivity index (χ1n) is 6.94. The smallest absolute Gasteiger partial charge is 0.426 e. The molecule has 0 heterocycles. The quantitative estimate of drug-likeness (QED) is 0.706. The monoisotopic (exact) mass is 309 g/mol. The van der Waals surface area contributed by atoms with Gasteiger partial charge < -0.3 is 15.2 Å². The average molecular weight is 309 g/mol. The second kappa shape index (κ2) is 8.35. The van der Waals surface area contributed by atoms with Gasteiger partial charge in [0, 0.05) is 0 Å². The number of nitrogens with one attached hydrogen (secondary N) is 2. The van der Waals surface area contributed by atoms with E-state index in [-0.39, 0.29) is 18.8 Å². The number of amides is 2. The Bertz CT molecular complexity index is 485. The Kier molecular flexibility index (Phi) is 6.81. The van der Waals surface area contributed by atoms with E-state index in [2.05, 4.69) is 10.9 Å². The van der Waals surface area contributed by atoms with Crippen LogP contribution in [0, 0.1) is 0 Å². The highest BCUT2D eigenvalue weighted by Gasteiger charge is 2.18. The zero-order valence-electron chi connectivity index (χ0n) is 13.1. The van der Waals surface area contributed by atoms with Gasteiger partial charge in [0.1, 0.15) is 12.6 Å². The fourth-order valence-electron chi connectivity index (χ4n) is 1.38. The van der Waals surface area contributed by atoms with Crippen molar-refractivity contribution >= 4 is 12.0 Å². The lowest BCUT2D eigenvalue weighted by atomic mass is 10.2. The number of carbonyl (C=O) groups is 2. The molecule has 1 aromatic rings. The molecule has 4 N–H and O–H groups in total. The molecule has 0 aliphatic carbocycles. The Balaban J connectivity index is 2.24. The molecule has 0 saturated carbocycles. The van der Waals surface area contributed by atoms with Gasteiger partial charge >= 0.3 is 6.09 Å². The number of benzene rings is 1. The largest absolute Gasteiger partial charge is 0.443 e. The van der Waals surface area contributed by atoms with E-state index < -0.39 is 18.0 Å². The summed E-state index contributed by atoms with van der Waals surface area (Å²) in [5.74, 6) is -0.555. The zero-order chi connectivity index (χ0) is 16.6. The van der Waals surface area contributed by atoms with Crippen LogP contribution in [-0.4, -0.2) is 30.3 Å². The van der Waals surface area contributed by atoms with E-state index in [1.165, 1.54) is 0 Å². The predicted molar refractivity (Wildman–Crippen MR) is 81.6 cm³/mol. The summed E-state index contributed by atoms with van der Waals surface area (Å²) in [5.41, 5.74) is 10.4. The predicted octanol–water partition coefficient (Wildman–Crippen LogP) is 1.09. The fraction of sp³-hybridized carbons (Fsp3) is 0.467. The molecular formula is C15H23N3O4. The molecule has 1 aromatic carbocycles. The normalized spacial score (nSPS) is 12.4. The third-order valence-electron chi connectivity index (χ3n) is 2.53. The van der Waals surface area contributed by atoms with Crippen LogP contribution in [0.1, 0.15) is 26.3 Å². The van der Waals surface area contributed by atoms with E-state index >= 15 is 0 Å². The minimum Gasteiger partial charge on any atom is -0.443 e. The van der Waals surface area contributed by atoms with Crippen LogP contribution in [0.2, 0.25) is 0 Å². The summed E-state index contributed by atoms with van der Waals surface area (Å²) in [6.45, 7) is 5.74. The standard InChI is InChI=1S/C15H23N3O4/c1-15(2,3)22-10-12(16)13(19)17-18-14(20)21-9-11-7-5-4-6-8-11/h4-8,12H,9-10,16H2,1-3H3,(H,17,19)(H,18,20)/t12-/m0/s1. The Morgan fingerprint density at radius 2 is 1.82 bits per heavy atom. The van der Waals surface area contributed by atoms with Crippen LogP contribution in [0.4, 0.5) is 4.79 Å².